The minimum Gasteiger partial charge on any atom is -0.505 e. The lowest BCUT2D eigenvalue weighted by Gasteiger charge is -2.16. The van der Waals surface area contributed by atoms with Gasteiger partial charge in [-0.25, -0.2) is 12.8 Å². The van der Waals surface area contributed by atoms with E-state index in [1.54, 1.807) is 30.3 Å². The van der Waals surface area contributed by atoms with Crippen LogP contribution in [0.25, 0.3) is 0 Å². The van der Waals surface area contributed by atoms with Gasteiger partial charge in [0.25, 0.3) is 10.0 Å². The molecule has 3 aromatic carbocycles. The summed E-state index contributed by atoms with van der Waals surface area (Å²) in [4.78, 5) is 0.0811. The number of halogens is 1. The average molecular weight is 415 g/mol. The number of hydrogen-bond acceptors (Lipinski definition) is 6. The molecule has 0 radical (unpaired) electrons. The molecule has 4 rings (SSSR count). The smallest absolute Gasteiger partial charge is 0.261 e. The minimum absolute atomic E-state index is 0.0811. The first-order valence-corrected chi connectivity index (χ1v) is 10.2. The molecule has 0 amide bonds. The van der Waals surface area contributed by atoms with Gasteiger partial charge >= 0.3 is 0 Å². The maximum atomic E-state index is 13.7. The number of methoxy groups -OCH3 is 1. The van der Waals surface area contributed by atoms with Gasteiger partial charge in [-0.2, -0.15) is 0 Å². The van der Waals surface area contributed by atoms with Gasteiger partial charge in [0.15, 0.2) is 11.6 Å². The maximum Gasteiger partial charge on any atom is 0.261 e. The van der Waals surface area contributed by atoms with Gasteiger partial charge < -0.3 is 20.5 Å². The number of sulfonamides is 1. The SMILES string of the molecule is COc1ccc(S(=O)(=O)Nc2cccc3c2Nc2ccc(F)c(O)c2CN3)cc1. The second kappa shape index (κ2) is 7.17. The van der Waals surface area contributed by atoms with Crippen LogP contribution < -0.4 is 20.1 Å². The van der Waals surface area contributed by atoms with Crippen molar-refractivity contribution in [1.29, 1.82) is 0 Å². The fourth-order valence-corrected chi connectivity index (χ4v) is 4.17. The normalized spacial score (nSPS) is 12.6. The third-order valence-electron chi connectivity index (χ3n) is 4.63. The summed E-state index contributed by atoms with van der Waals surface area (Å²) < 4.78 is 47.0. The lowest BCUT2D eigenvalue weighted by atomic mass is 10.1. The van der Waals surface area contributed by atoms with Crippen molar-refractivity contribution in [3.63, 3.8) is 0 Å². The Morgan fingerprint density at radius 1 is 1.07 bits per heavy atom. The van der Waals surface area contributed by atoms with Crippen molar-refractivity contribution in [2.24, 2.45) is 0 Å². The van der Waals surface area contributed by atoms with Gasteiger partial charge in [0, 0.05) is 17.8 Å². The zero-order valence-corrected chi connectivity index (χ0v) is 16.2. The van der Waals surface area contributed by atoms with Crippen LogP contribution in [0.4, 0.5) is 27.1 Å². The number of aromatic hydroxyl groups is 1. The first-order chi connectivity index (χ1) is 13.9. The van der Waals surface area contributed by atoms with Crippen molar-refractivity contribution < 1.29 is 22.7 Å². The molecule has 1 aliphatic rings. The summed E-state index contributed by atoms with van der Waals surface area (Å²) in [6.07, 6.45) is 0. The predicted molar refractivity (Wildman–Crippen MR) is 109 cm³/mol. The molecule has 0 bridgehead atoms. The van der Waals surface area contributed by atoms with E-state index in [0.29, 0.717) is 34.1 Å². The Balaban J connectivity index is 1.71. The summed E-state index contributed by atoms with van der Waals surface area (Å²) in [5.74, 6) is -0.624. The van der Waals surface area contributed by atoms with Crippen molar-refractivity contribution >= 4 is 32.8 Å². The van der Waals surface area contributed by atoms with E-state index in [1.165, 1.54) is 25.3 Å². The molecule has 0 saturated carbocycles. The number of rotatable bonds is 4. The monoisotopic (exact) mass is 415 g/mol. The molecule has 1 heterocycles. The summed E-state index contributed by atoms with van der Waals surface area (Å²) in [6, 6.07) is 13.7. The number of benzene rings is 3. The number of anilines is 4. The molecular weight excluding hydrogens is 397 g/mol. The highest BCUT2D eigenvalue weighted by Crippen LogP contribution is 2.41. The van der Waals surface area contributed by atoms with Gasteiger partial charge in [-0.15, -0.1) is 0 Å². The van der Waals surface area contributed by atoms with Crippen molar-refractivity contribution in [1.82, 2.24) is 0 Å². The molecule has 0 unspecified atom stereocenters. The summed E-state index contributed by atoms with van der Waals surface area (Å²) in [5.41, 5.74) is 2.21. The number of fused-ring (bicyclic) bond motifs is 2. The molecule has 0 spiro atoms. The molecule has 4 N–H and O–H groups in total. The molecule has 0 aliphatic carbocycles. The van der Waals surface area contributed by atoms with E-state index in [4.69, 9.17) is 4.74 Å². The van der Waals surface area contributed by atoms with Gasteiger partial charge in [0.2, 0.25) is 0 Å². The van der Waals surface area contributed by atoms with Crippen LogP contribution in [-0.4, -0.2) is 20.6 Å². The number of hydrogen-bond donors (Lipinski definition) is 4. The van der Waals surface area contributed by atoms with Crippen LogP contribution >= 0.6 is 0 Å². The van der Waals surface area contributed by atoms with E-state index < -0.39 is 21.6 Å². The number of nitrogens with one attached hydrogen (secondary N) is 3. The zero-order chi connectivity index (χ0) is 20.6. The Kier molecular flexibility index (Phi) is 4.67. The van der Waals surface area contributed by atoms with Gasteiger partial charge in [0.1, 0.15) is 5.75 Å². The molecule has 7 nitrogen and oxygen atoms in total. The van der Waals surface area contributed by atoms with Crippen molar-refractivity contribution in [3.05, 3.63) is 66.0 Å². The van der Waals surface area contributed by atoms with E-state index in [-0.39, 0.29) is 11.4 Å². The standard InChI is InChI=1S/C20H18FN3O4S/c1-28-12-5-7-13(8-6-12)29(26,27)24-18-4-2-3-17-19(18)23-16-10-9-15(21)20(25)14(16)11-22-17/h2-10,22-25H,11H2,1H3. The molecule has 3 aromatic rings. The third kappa shape index (κ3) is 3.52. The van der Waals surface area contributed by atoms with Gasteiger partial charge in [-0.05, 0) is 48.5 Å². The quantitative estimate of drug-likeness (QED) is 0.514. The Labute approximate surface area is 167 Å². The molecule has 1 aliphatic heterocycles. The molecule has 29 heavy (non-hydrogen) atoms. The second-order valence-corrected chi connectivity index (χ2v) is 8.09. The van der Waals surface area contributed by atoms with E-state index >= 15 is 0 Å². The molecule has 9 heteroatoms. The summed E-state index contributed by atoms with van der Waals surface area (Å²) in [6.45, 7) is 0.174. The predicted octanol–water partition coefficient (Wildman–Crippen LogP) is 4.01. The van der Waals surface area contributed by atoms with Crippen LogP contribution in [0.5, 0.6) is 11.5 Å². The fourth-order valence-electron chi connectivity index (χ4n) is 3.10. The topological polar surface area (TPSA) is 99.7 Å². The van der Waals surface area contributed by atoms with Crippen LogP contribution in [0.1, 0.15) is 5.56 Å². The number of ether oxygens (including phenoxy) is 1. The highest BCUT2D eigenvalue weighted by molar-refractivity contribution is 7.92. The third-order valence-corrected chi connectivity index (χ3v) is 6.01. The molecule has 0 atom stereocenters. The number of phenols is 1. The largest absolute Gasteiger partial charge is 0.505 e. The van der Waals surface area contributed by atoms with Crippen LogP contribution in [0, 0.1) is 5.82 Å². The van der Waals surface area contributed by atoms with E-state index in [9.17, 15) is 17.9 Å². The van der Waals surface area contributed by atoms with Crippen molar-refractivity contribution in [3.8, 4) is 11.5 Å². The highest BCUT2D eigenvalue weighted by Gasteiger charge is 2.22. The maximum absolute atomic E-state index is 13.7. The number of phenolic OH excluding ortho intramolecular Hbond substituents is 1. The van der Waals surface area contributed by atoms with E-state index in [2.05, 4.69) is 15.4 Å². The second-order valence-electron chi connectivity index (χ2n) is 6.41. The number of para-hydroxylation sites is 1. The Morgan fingerprint density at radius 2 is 1.83 bits per heavy atom. The molecule has 0 saturated heterocycles. The highest BCUT2D eigenvalue weighted by atomic mass is 32.2. The van der Waals surface area contributed by atoms with Crippen LogP contribution in [-0.2, 0) is 16.6 Å². The zero-order valence-electron chi connectivity index (χ0n) is 15.4. The summed E-state index contributed by atoms with van der Waals surface area (Å²) in [5, 5.41) is 16.2. The van der Waals surface area contributed by atoms with Crippen LogP contribution in [0.15, 0.2) is 59.5 Å². The first-order valence-electron chi connectivity index (χ1n) is 8.70. The lowest BCUT2D eigenvalue weighted by molar-refractivity contribution is 0.414. The summed E-state index contributed by atoms with van der Waals surface area (Å²) >= 11 is 0. The van der Waals surface area contributed by atoms with Gasteiger partial charge in [-0.3, -0.25) is 4.72 Å². The molecule has 150 valence electrons. The van der Waals surface area contributed by atoms with Crippen LogP contribution in [0.2, 0.25) is 0 Å². The van der Waals surface area contributed by atoms with Crippen molar-refractivity contribution in [2.45, 2.75) is 11.4 Å². The van der Waals surface area contributed by atoms with Gasteiger partial charge in [0.05, 0.1) is 29.1 Å². The van der Waals surface area contributed by atoms with E-state index in [0.717, 1.165) is 6.07 Å². The van der Waals surface area contributed by atoms with E-state index in [1.807, 2.05) is 0 Å². The lowest BCUT2D eigenvalue weighted by Crippen LogP contribution is -2.14. The minimum atomic E-state index is -3.86. The average Bonchev–Trinajstić information content (AvgIpc) is 2.91. The molecular formula is C20H18FN3O4S. The molecule has 0 aromatic heterocycles. The Morgan fingerprint density at radius 3 is 2.55 bits per heavy atom. The first kappa shape index (κ1) is 18.9. The summed E-state index contributed by atoms with van der Waals surface area (Å²) in [7, 11) is -2.36. The Bertz CT molecular complexity index is 1180. The molecule has 0 fully saturated rings. The van der Waals surface area contributed by atoms with Crippen molar-refractivity contribution in [2.75, 3.05) is 22.5 Å². The van der Waals surface area contributed by atoms with Gasteiger partial charge in [-0.1, -0.05) is 6.07 Å². The fraction of sp³-hybridized carbons (Fsp3) is 0.100. The Hall–Kier alpha value is -3.46. The van der Waals surface area contributed by atoms with Crippen LogP contribution in [0.3, 0.4) is 0 Å².